The minimum atomic E-state index is -0.0178. The van der Waals surface area contributed by atoms with Gasteiger partial charge in [-0.15, -0.1) is 0 Å². The molecule has 104 valence electrons. The number of hydrogen-bond acceptors (Lipinski definition) is 4. The summed E-state index contributed by atoms with van der Waals surface area (Å²) in [5, 5.41) is 0. The van der Waals surface area contributed by atoms with Crippen molar-refractivity contribution in [1.29, 1.82) is 0 Å². The van der Waals surface area contributed by atoms with Crippen LogP contribution in [-0.4, -0.2) is 17.4 Å². The predicted molar refractivity (Wildman–Crippen MR) is 76.5 cm³/mol. The highest BCUT2D eigenvalue weighted by atomic mass is 16.5. The van der Waals surface area contributed by atoms with Gasteiger partial charge >= 0.3 is 0 Å². The molecule has 0 saturated heterocycles. The molecular formula is C16H17NO3. The van der Waals surface area contributed by atoms with Crippen LogP contribution in [0.5, 0.6) is 17.4 Å². The second-order valence-corrected chi connectivity index (χ2v) is 4.34. The number of ether oxygens (including phenoxy) is 2. The van der Waals surface area contributed by atoms with E-state index >= 15 is 0 Å². The molecule has 2 aromatic rings. The molecule has 20 heavy (non-hydrogen) atoms. The number of rotatable bonds is 6. The third kappa shape index (κ3) is 3.57. The van der Waals surface area contributed by atoms with Gasteiger partial charge in [0.1, 0.15) is 0 Å². The first-order valence-corrected chi connectivity index (χ1v) is 6.57. The summed E-state index contributed by atoms with van der Waals surface area (Å²) in [6.45, 7) is 4.19. The van der Waals surface area contributed by atoms with E-state index in [2.05, 4.69) is 4.98 Å². The number of pyridine rings is 1. The number of carbonyl (C=O) groups is 1. The van der Waals surface area contributed by atoms with Crippen LogP contribution < -0.4 is 9.47 Å². The number of hydrogen-bond donors (Lipinski definition) is 0. The minimum Gasteiger partial charge on any atom is -0.490 e. The first-order valence-electron chi connectivity index (χ1n) is 6.57. The van der Waals surface area contributed by atoms with Crippen LogP contribution in [0.15, 0.2) is 42.6 Å². The van der Waals surface area contributed by atoms with E-state index in [-0.39, 0.29) is 5.78 Å². The molecule has 1 heterocycles. The van der Waals surface area contributed by atoms with Crippen molar-refractivity contribution in [2.75, 3.05) is 6.61 Å². The van der Waals surface area contributed by atoms with E-state index in [1.807, 2.05) is 31.2 Å². The highest BCUT2D eigenvalue weighted by molar-refractivity contribution is 5.93. The summed E-state index contributed by atoms with van der Waals surface area (Å²) < 4.78 is 11.3. The van der Waals surface area contributed by atoms with E-state index in [1.54, 1.807) is 12.1 Å². The van der Waals surface area contributed by atoms with Gasteiger partial charge in [0.25, 0.3) is 0 Å². The summed E-state index contributed by atoms with van der Waals surface area (Å²) >= 11 is 0. The van der Waals surface area contributed by atoms with Crippen LogP contribution in [0.3, 0.4) is 0 Å². The monoisotopic (exact) mass is 271 g/mol. The lowest BCUT2D eigenvalue weighted by atomic mass is 10.2. The number of ketones is 1. The van der Waals surface area contributed by atoms with Crippen molar-refractivity contribution >= 4 is 5.78 Å². The fourth-order valence-corrected chi connectivity index (χ4v) is 1.63. The third-order valence-electron chi connectivity index (χ3n) is 2.67. The number of benzene rings is 1. The normalized spacial score (nSPS) is 10.1. The highest BCUT2D eigenvalue weighted by Crippen LogP contribution is 2.30. The zero-order valence-corrected chi connectivity index (χ0v) is 11.6. The molecule has 0 aliphatic carbocycles. The van der Waals surface area contributed by atoms with Crippen molar-refractivity contribution < 1.29 is 14.3 Å². The summed E-state index contributed by atoms with van der Waals surface area (Å²) in [6.07, 6.45) is 2.44. The Hall–Kier alpha value is -2.36. The van der Waals surface area contributed by atoms with Crippen LogP contribution >= 0.6 is 0 Å². The van der Waals surface area contributed by atoms with Crippen LogP contribution in [0.25, 0.3) is 0 Å². The second kappa shape index (κ2) is 6.70. The maximum atomic E-state index is 11.2. The van der Waals surface area contributed by atoms with E-state index in [9.17, 15) is 4.79 Å². The molecule has 0 amide bonds. The van der Waals surface area contributed by atoms with Gasteiger partial charge < -0.3 is 9.47 Å². The Morgan fingerprint density at radius 1 is 1.15 bits per heavy atom. The Morgan fingerprint density at radius 2 is 1.90 bits per heavy atom. The number of Topliss-reactive ketones (excluding diaryl/α,β-unsaturated/α-hetero) is 1. The van der Waals surface area contributed by atoms with E-state index in [4.69, 9.17) is 9.47 Å². The Morgan fingerprint density at radius 3 is 2.50 bits per heavy atom. The second-order valence-electron chi connectivity index (χ2n) is 4.34. The molecule has 0 aliphatic rings. The molecule has 1 aromatic carbocycles. The lowest BCUT2D eigenvalue weighted by Crippen LogP contribution is -1.98. The Labute approximate surface area is 118 Å². The summed E-state index contributed by atoms with van der Waals surface area (Å²) in [4.78, 5) is 15.3. The molecule has 2 rings (SSSR count). The van der Waals surface area contributed by atoms with Crippen molar-refractivity contribution in [3.63, 3.8) is 0 Å². The molecule has 0 aliphatic heterocycles. The van der Waals surface area contributed by atoms with Crippen molar-refractivity contribution in [2.24, 2.45) is 0 Å². The molecule has 0 spiro atoms. The number of nitrogens with zero attached hydrogens (tertiary/aromatic N) is 1. The quantitative estimate of drug-likeness (QED) is 0.748. The average molecular weight is 271 g/mol. The van der Waals surface area contributed by atoms with E-state index < -0.39 is 0 Å². The SMILES string of the molecule is CCCOc1ccccc1Oc1ccc(C(C)=O)cn1. The summed E-state index contributed by atoms with van der Waals surface area (Å²) in [6, 6.07) is 10.8. The molecular weight excluding hydrogens is 254 g/mol. The molecule has 0 bridgehead atoms. The maximum Gasteiger partial charge on any atom is 0.219 e. The molecule has 0 fully saturated rings. The van der Waals surface area contributed by atoms with Crippen LogP contribution in [0.4, 0.5) is 0 Å². The van der Waals surface area contributed by atoms with E-state index in [0.29, 0.717) is 29.5 Å². The van der Waals surface area contributed by atoms with Gasteiger partial charge in [-0.1, -0.05) is 19.1 Å². The summed E-state index contributed by atoms with van der Waals surface area (Å²) in [5.41, 5.74) is 0.563. The molecule has 1 aromatic heterocycles. The van der Waals surface area contributed by atoms with Crippen LogP contribution in [0, 0.1) is 0 Å². The fraction of sp³-hybridized carbons (Fsp3) is 0.250. The van der Waals surface area contributed by atoms with Crippen molar-refractivity contribution in [3.05, 3.63) is 48.2 Å². The molecule has 0 saturated carbocycles. The highest BCUT2D eigenvalue weighted by Gasteiger charge is 2.07. The van der Waals surface area contributed by atoms with Gasteiger partial charge in [0.15, 0.2) is 17.3 Å². The van der Waals surface area contributed by atoms with Crippen molar-refractivity contribution in [2.45, 2.75) is 20.3 Å². The van der Waals surface area contributed by atoms with Gasteiger partial charge in [-0.05, 0) is 31.5 Å². The first kappa shape index (κ1) is 14.1. The number of aromatic nitrogens is 1. The largest absolute Gasteiger partial charge is 0.490 e. The standard InChI is InChI=1S/C16H17NO3/c1-3-10-19-14-6-4-5-7-15(14)20-16-9-8-13(11-17-16)12(2)18/h4-9,11H,3,10H2,1-2H3. The minimum absolute atomic E-state index is 0.0178. The van der Waals surface area contributed by atoms with Crippen LogP contribution in [0.2, 0.25) is 0 Å². The molecule has 0 atom stereocenters. The Bertz CT molecular complexity index is 579. The third-order valence-corrected chi connectivity index (χ3v) is 2.67. The van der Waals surface area contributed by atoms with Gasteiger partial charge in [-0.3, -0.25) is 4.79 Å². The molecule has 4 heteroatoms. The topological polar surface area (TPSA) is 48.4 Å². The predicted octanol–water partition coefficient (Wildman–Crippen LogP) is 3.87. The van der Waals surface area contributed by atoms with Gasteiger partial charge in [0, 0.05) is 17.8 Å². The fourth-order valence-electron chi connectivity index (χ4n) is 1.63. The lowest BCUT2D eigenvalue weighted by molar-refractivity contribution is 0.101. The molecule has 0 unspecified atom stereocenters. The van der Waals surface area contributed by atoms with E-state index in [0.717, 1.165) is 6.42 Å². The van der Waals surface area contributed by atoms with Gasteiger partial charge in [-0.2, -0.15) is 0 Å². The van der Waals surface area contributed by atoms with Gasteiger partial charge in [0.05, 0.1) is 6.61 Å². The van der Waals surface area contributed by atoms with Gasteiger partial charge in [-0.25, -0.2) is 4.98 Å². The van der Waals surface area contributed by atoms with E-state index in [1.165, 1.54) is 13.1 Å². The van der Waals surface area contributed by atoms with Gasteiger partial charge in [0.2, 0.25) is 5.88 Å². The zero-order valence-electron chi connectivity index (χ0n) is 11.6. The zero-order chi connectivity index (χ0) is 14.4. The molecule has 0 radical (unpaired) electrons. The molecule has 0 N–H and O–H groups in total. The van der Waals surface area contributed by atoms with Crippen molar-refractivity contribution in [1.82, 2.24) is 4.98 Å². The summed E-state index contributed by atoms with van der Waals surface area (Å²) in [7, 11) is 0. The van der Waals surface area contributed by atoms with Crippen LogP contribution in [-0.2, 0) is 0 Å². The maximum absolute atomic E-state index is 11.2. The Kier molecular flexibility index (Phi) is 4.71. The number of carbonyl (C=O) groups excluding carboxylic acids is 1. The first-order chi connectivity index (χ1) is 9.70. The smallest absolute Gasteiger partial charge is 0.219 e. The summed E-state index contributed by atoms with van der Waals surface area (Å²) in [5.74, 6) is 1.72. The lowest BCUT2D eigenvalue weighted by Gasteiger charge is -2.11. The van der Waals surface area contributed by atoms with Crippen LogP contribution in [0.1, 0.15) is 30.6 Å². The van der Waals surface area contributed by atoms with Crippen molar-refractivity contribution in [3.8, 4) is 17.4 Å². The Balaban J connectivity index is 2.14. The number of para-hydroxylation sites is 2. The molecule has 4 nitrogen and oxygen atoms in total. The average Bonchev–Trinajstić information content (AvgIpc) is 2.47.